The number of amides is 1. The molecule has 3 aromatic rings. The van der Waals surface area contributed by atoms with Crippen molar-refractivity contribution in [2.24, 2.45) is 0 Å². The number of carbonyl (C=O) groups excluding carboxylic acids is 1. The van der Waals surface area contributed by atoms with Gasteiger partial charge in [-0.3, -0.25) is 4.79 Å². The van der Waals surface area contributed by atoms with Crippen LogP contribution in [0.2, 0.25) is 0 Å². The van der Waals surface area contributed by atoms with Crippen LogP contribution >= 0.6 is 0 Å². The molecule has 0 bridgehead atoms. The second kappa shape index (κ2) is 7.89. The van der Waals surface area contributed by atoms with E-state index < -0.39 is 24.2 Å². The van der Waals surface area contributed by atoms with E-state index in [2.05, 4.69) is 15.7 Å². The number of furan rings is 1. The van der Waals surface area contributed by atoms with Crippen LogP contribution in [-0.2, 0) is 0 Å². The third-order valence-electron chi connectivity index (χ3n) is 5.02. The number of ether oxygens (including phenoxy) is 2. The molecule has 8 nitrogen and oxygen atoms in total. The number of rotatable bonds is 5. The highest BCUT2D eigenvalue weighted by atomic mass is 19.4. The number of methoxy groups -OCH3 is 2. The molecule has 0 radical (unpaired) electrons. The van der Waals surface area contributed by atoms with Crippen molar-refractivity contribution in [2.75, 3.05) is 24.9 Å². The fourth-order valence-electron chi connectivity index (χ4n) is 3.51. The number of hydrogen-bond acceptors (Lipinski definition) is 6. The third kappa shape index (κ3) is 3.90. The summed E-state index contributed by atoms with van der Waals surface area (Å²) in [5.41, 5.74) is 0.257. The molecule has 1 aliphatic rings. The van der Waals surface area contributed by atoms with E-state index in [-0.39, 0.29) is 17.8 Å². The molecule has 0 unspecified atom stereocenters. The van der Waals surface area contributed by atoms with E-state index in [1.807, 2.05) is 0 Å². The minimum Gasteiger partial charge on any atom is -0.497 e. The SMILES string of the molecule is COc1ccc(OC)c(NC(=O)c2cnn3c2N[C@@H](c2ccco2)C[C@@H]3C(F)(F)F)c1. The summed E-state index contributed by atoms with van der Waals surface area (Å²) in [5.74, 6) is 0.476. The molecule has 11 heteroatoms. The number of halogens is 3. The van der Waals surface area contributed by atoms with Gasteiger partial charge in [0.15, 0.2) is 6.04 Å². The van der Waals surface area contributed by atoms with E-state index in [9.17, 15) is 18.0 Å². The maximum atomic E-state index is 13.7. The lowest BCUT2D eigenvalue weighted by Gasteiger charge is -2.32. The Morgan fingerprint density at radius 2 is 2.10 bits per heavy atom. The van der Waals surface area contributed by atoms with Gasteiger partial charge in [-0.15, -0.1) is 0 Å². The summed E-state index contributed by atoms with van der Waals surface area (Å²) < 4.78 is 57.6. The first kappa shape index (κ1) is 20.6. The Morgan fingerprint density at radius 1 is 1.29 bits per heavy atom. The van der Waals surface area contributed by atoms with Crippen molar-refractivity contribution in [1.82, 2.24) is 9.78 Å². The van der Waals surface area contributed by atoms with Gasteiger partial charge in [0.1, 0.15) is 28.6 Å². The summed E-state index contributed by atoms with van der Waals surface area (Å²) in [6.45, 7) is 0. The Labute approximate surface area is 174 Å². The third-order valence-corrected chi connectivity index (χ3v) is 5.02. The van der Waals surface area contributed by atoms with E-state index in [0.717, 1.165) is 10.9 Å². The molecule has 0 aliphatic carbocycles. The van der Waals surface area contributed by atoms with Crippen LogP contribution in [0.1, 0.15) is 34.6 Å². The molecule has 1 amide bonds. The maximum Gasteiger partial charge on any atom is 0.410 e. The molecule has 0 saturated heterocycles. The van der Waals surface area contributed by atoms with Crippen LogP contribution in [0.25, 0.3) is 0 Å². The number of hydrogen-bond donors (Lipinski definition) is 2. The molecule has 2 aromatic heterocycles. The van der Waals surface area contributed by atoms with Crippen molar-refractivity contribution in [3.05, 3.63) is 54.1 Å². The number of carbonyl (C=O) groups is 1. The fourth-order valence-corrected chi connectivity index (χ4v) is 3.51. The lowest BCUT2D eigenvalue weighted by atomic mass is 10.0. The molecule has 2 N–H and O–H groups in total. The highest BCUT2D eigenvalue weighted by Crippen LogP contribution is 2.44. The molecule has 4 rings (SSSR count). The standard InChI is InChI=1S/C20H19F3N4O4/c1-29-11-5-6-15(30-2)13(8-11)26-19(28)12-10-24-27-17(20(21,22)23)9-14(25-18(12)27)16-4-3-7-31-16/h3-8,10,14,17,25H,9H2,1-2H3,(H,26,28)/t14-,17-/m1/s1. The zero-order chi connectivity index (χ0) is 22.2. The predicted molar refractivity (Wildman–Crippen MR) is 105 cm³/mol. The van der Waals surface area contributed by atoms with Gasteiger partial charge in [-0.1, -0.05) is 0 Å². The quantitative estimate of drug-likeness (QED) is 0.616. The van der Waals surface area contributed by atoms with E-state index in [1.54, 1.807) is 30.3 Å². The van der Waals surface area contributed by atoms with Gasteiger partial charge >= 0.3 is 6.18 Å². The first-order valence-corrected chi connectivity index (χ1v) is 9.29. The van der Waals surface area contributed by atoms with Gasteiger partial charge in [-0.2, -0.15) is 18.3 Å². The average Bonchev–Trinajstić information content (AvgIpc) is 3.42. The minimum absolute atomic E-state index is 0.0459. The van der Waals surface area contributed by atoms with Crippen LogP contribution in [0.3, 0.4) is 0 Å². The number of alkyl halides is 3. The van der Waals surface area contributed by atoms with Crippen molar-refractivity contribution in [1.29, 1.82) is 0 Å². The lowest BCUT2D eigenvalue weighted by molar-refractivity contribution is -0.174. The molecule has 164 valence electrons. The van der Waals surface area contributed by atoms with Gasteiger partial charge < -0.3 is 24.5 Å². The predicted octanol–water partition coefficient (Wildman–Crippen LogP) is 4.41. The fraction of sp³-hybridized carbons (Fsp3) is 0.300. The van der Waals surface area contributed by atoms with Crippen LogP contribution in [0.4, 0.5) is 24.7 Å². The second-order valence-corrected chi connectivity index (χ2v) is 6.88. The number of benzene rings is 1. The largest absolute Gasteiger partial charge is 0.497 e. The van der Waals surface area contributed by atoms with Crippen LogP contribution in [0, 0.1) is 0 Å². The first-order chi connectivity index (χ1) is 14.8. The average molecular weight is 436 g/mol. The second-order valence-electron chi connectivity index (χ2n) is 6.88. The summed E-state index contributed by atoms with van der Waals surface area (Å²) in [4.78, 5) is 13.0. The Morgan fingerprint density at radius 3 is 2.74 bits per heavy atom. The Bertz CT molecular complexity index is 1080. The molecule has 3 heterocycles. The van der Waals surface area contributed by atoms with Crippen LogP contribution in [-0.4, -0.2) is 36.1 Å². The highest BCUT2D eigenvalue weighted by Gasteiger charge is 2.47. The monoisotopic (exact) mass is 436 g/mol. The van der Waals surface area contributed by atoms with E-state index in [1.165, 1.54) is 20.5 Å². The molecule has 0 fully saturated rings. The van der Waals surface area contributed by atoms with Crippen LogP contribution in [0.5, 0.6) is 11.5 Å². The summed E-state index contributed by atoms with van der Waals surface area (Å²) in [5, 5.41) is 9.45. The summed E-state index contributed by atoms with van der Waals surface area (Å²) in [6, 6.07) is 5.29. The zero-order valence-electron chi connectivity index (χ0n) is 16.6. The van der Waals surface area contributed by atoms with E-state index >= 15 is 0 Å². The number of nitrogens with zero attached hydrogens (tertiary/aromatic N) is 2. The highest BCUT2D eigenvalue weighted by molar-refractivity contribution is 6.08. The summed E-state index contributed by atoms with van der Waals surface area (Å²) >= 11 is 0. The smallest absolute Gasteiger partial charge is 0.410 e. The lowest BCUT2D eigenvalue weighted by Crippen LogP contribution is -2.36. The van der Waals surface area contributed by atoms with Gasteiger partial charge in [0, 0.05) is 12.5 Å². The number of fused-ring (bicyclic) bond motifs is 1. The molecule has 1 aromatic carbocycles. The number of anilines is 2. The molecular formula is C20H19F3N4O4. The van der Waals surface area contributed by atoms with Crippen molar-refractivity contribution in [2.45, 2.75) is 24.7 Å². The van der Waals surface area contributed by atoms with Gasteiger partial charge in [-0.05, 0) is 24.3 Å². The van der Waals surface area contributed by atoms with Crippen LogP contribution in [0.15, 0.2) is 47.2 Å². The van der Waals surface area contributed by atoms with Crippen molar-refractivity contribution < 1.29 is 31.9 Å². The molecule has 31 heavy (non-hydrogen) atoms. The van der Waals surface area contributed by atoms with Gasteiger partial charge in [0.2, 0.25) is 0 Å². The van der Waals surface area contributed by atoms with Gasteiger partial charge in [0.05, 0.1) is 38.4 Å². The molecule has 2 atom stereocenters. The van der Waals surface area contributed by atoms with Crippen molar-refractivity contribution in [3.63, 3.8) is 0 Å². The number of nitrogens with one attached hydrogen (secondary N) is 2. The van der Waals surface area contributed by atoms with Crippen molar-refractivity contribution >= 4 is 17.4 Å². The zero-order valence-corrected chi connectivity index (χ0v) is 16.6. The minimum atomic E-state index is -4.56. The Kier molecular flexibility index (Phi) is 5.25. The summed E-state index contributed by atoms with van der Waals surface area (Å²) in [6.07, 6.45) is -2.39. The van der Waals surface area contributed by atoms with E-state index in [4.69, 9.17) is 13.9 Å². The topological polar surface area (TPSA) is 90.5 Å². The van der Waals surface area contributed by atoms with E-state index in [0.29, 0.717) is 22.9 Å². The van der Waals surface area contributed by atoms with Crippen molar-refractivity contribution in [3.8, 4) is 11.5 Å². The maximum absolute atomic E-state index is 13.7. The summed E-state index contributed by atoms with van der Waals surface area (Å²) in [7, 11) is 2.90. The van der Waals surface area contributed by atoms with Crippen LogP contribution < -0.4 is 20.1 Å². The molecular weight excluding hydrogens is 417 g/mol. The first-order valence-electron chi connectivity index (χ1n) is 9.29. The molecule has 0 saturated carbocycles. The molecule has 1 aliphatic heterocycles. The normalized spacial score (nSPS) is 18.1. The Balaban J connectivity index is 1.69. The van der Waals surface area contributed by atoms with Gasteiger partial charge in [0.25, 0.3) is 5.91 Å². The number of aromatic nitrogens is 2. The Hall–Kier alpha value is -3.63. The van der Waals surface area contributed by atoms with Gasteiger partial charge in [-0.25, -0.2) is 4.68 Å². The molecule has 0 spiro atoms.